The number of guanidine groups is 1. The number of alkyl halides is 2. The number of benzene rings is 1. The van der Waals surface area contributed by atoms with Crippen LogP contribution in [0.25, 0.3) is 0 Å². The number of aliphatic imine (C=N–C) groups is 1. The topological polar surface area (TPSA) is 64.1 Å². The van der Waals surface area contributed by atoms with Gasteiger partial charge in [0.05, 0.1) is 13.2 Å². The van der Waals surface area contributed by atoms with E-state index in [1.807, 2.05) is 13.8 Å². The molecule has 0 aromatic heterocycles. The van der Waals surface area contributed by atoms with Crippen LogP contribution in [-0.2, 0) is 11.3 Å². The van der Waals surface area contributed by atoms with Crippen molar-refractivity contribution in [2.24, 2.45) is 4.99 Å². The second-order valence-corrected chi connectivity index (χ2v) is 6.17. The SMILES string of the molecule is CCCOc1ccc(CN=C(NCC)NCCCCCOC)c(OC(F)F)c1. The minimum absolute atomic E-state index is 0.0859. The van der Waals surface area contributed by atoms with E-state index in [2.05, 4.69) is 20.4 Å². The summed E-state index contributed by atoms with van der Waals surface area (Å²) in [5.41, 5.74) is 0.571. The van der Waals surface area contributed by atoms with E-state index in [0.717, 1.165) is 38.8 Å². The number of ether oxygens (including phenoxy) is 3. The number of halogens is 2. The summed E-state index contributed by atoms with van der Waals surface area (Å²) in [5, 5.41) is 6.41. The van der Waals surface area contributed by atoms with Gasteiger partial charge in [-0.3, -0.25) is 0 Å². The van der Waals surface area contributed by atoms with Crippen LogP contribution in [0.2, 0.25) is 0 Å². The molecule has 0 atom stereocenters. The molecule has 0 bridgehead atoms. The van der Waals surface area contributed by atoms with Crippen molar-refractivity contribution in [3.8, 4) is 11.5 Å². The van der Waals surface area contributed by atoms with Crippen molar-refractivity contribution in [3.63, 3.8) is 0 Å². The third-order valence-electron chi connectivity index (χ3n) is 3.80. The number of unbranched alkanes of at least 4 members (excludes halogenated alkanes) is 2. The third kappa shape index (κ3) is 10.3. The fourth-order valence-corrected chi connectivity index (χ4v) is 2.44. The molecule has 1 aromatic carbocycles. The Morgan fingerprint density at radius 3 is 2.61 bits per heavy atom. The number of nitrogens with one attached hydrogen (secondary N) is 2. The van der Waals surface area contributed by atoms with Gasteiger partial charge in [-0.15, -0.1) is 0 Å². The van der Waals surface area contributed by atoms with E-state index in [1.54, 1.807) is 19.2 Å². The number of hydrogen-bond acceptors (Lipinski definition) is 4. The summed E-state index contributed by atoms with van der Waals surface area (Å²) in [6, 6.07) is 4.94. The van der Waals surface area contributed by atoms with Gasteiger partial charge in [0, 0.05) is 38.4 Å². The Hall–Kier alpha value is -2.09. The van der Waals surface area contributed by atoms with E-state index < -0.39 is 6.61 Å². The van der Waals surface area contributed by atoms with E-state index in [9.17, 15) is 8.78 Å². The molecule has 1 aromatic rings. The van der Waals surface area contributed by atoms with Gasteiger partial charge in [0.25, 0.3) is 0 Å². The molecule has 0 heterocycles. The maximum Gasteiger partial charge on any atom is 0.387 e. The predicted octanol–water partition coefficient (Wildman–Crippen LogP) is 3.95. The molecule has 160 valence electrons. The standard InChI is InChI=1S/C20H33F2N3O3/c1-4-12-27-17-10-9-16(18(14-17)28-19(21)22)15-25-20(23-5-2)24-11-7-6-8-13-26-3/h9-10,14,19H,4-8,11-13,15H2,1-3H3,(H2,23,24,25). The van der Waals surface area contributed by atoms with Gasteiger partial charge in [-0.05, 0) is 44.7 Å². The first-order chi connectivity index (χ1) is 13.6. The van der Waals surface area contributed by atoms with Crippen molar-refractivity contribution >= 4 is 5.96 Å². The highest BCUT2D eigenvalue weighted by molar-refractivity contribution is 5.79. The quantitative estimate of drug-likeness (QED) is 0.281. The molecule has 0 aliphatic carbocycles. The maximum atomic E-state index is 12.8. The molecule has 0 saturated carbocycles. The molecule has 0 fully saturated rings. The highest BCUT2D eigenvalue weighted by atomic mass is 19.3. The Morgan fingerprint density at radius 1 is 1.11 bits per heavy atom. The van der Waals surface area contributed by atoms with Crippen LogP contribution in [0.3, 0.4) is 0 Å². The van der Waals surface area contributed by atoms with Crippen LogP contribution in [0.1, 0.15) is 45.1 Å². The van der Waals surface area contributed by atoms with Crippen molar-refractivity contribution in [2.75, 3.05) is 33.4 Å². The second-order valence-electron chi connectivity index (χ2n) is 6.17. The molecule has 2 N–H and O–H groups in total. The van der Waals surface area contributed by atoms with Gasteiger partial charge < -0.3 is 24.8 Å². The lowest BCUT2D eigenvalue weighted by atomic mass is 10.2. The summed E-state index contributed by atoms with van der Waals surface area (Å²) in [4.78, 5) is 4.48. The summed E-state index contributed by atoms with van der Waals surface area (Å²) < 4.78 is 40.7. The molecule has 0 amide bonds. The zero-order valence-electron chi connectivity index (χ0n) is 17.1. The summed E-state index contributed by atoms with van der Waals surface area (Å²) in [6.07, 6.45) is 3.91. The largest absolute Gasteiger partial charge is 0.493 e. The molecule has 0 saturated heterocycles. The minimum Gasteiger partial charge on any atom is -0.493 e. The van der Waals surface area contributed by atoms with Crippen LogP contribution >= 0.6 is 0 Å². The lowest BCUT2D eigenvalue weighted by Gasteiger charge is -2.14. The van der Waals surface area contributed by atoms with Gasteiger partial charge in [0.1, 0.15) is 11.5 Å². The summed E-state index contributed by atoms with van der Waals surface area (Å²) in [6.45, 7) is 4.04. The smallest absolute Gasteiger partial charge is 0.387 e. The molecule has 0 radical (unpaired) electrons. The van der Waals surface area contributed by atoms with Gasteiger partial charge in [-0.2, -0.15) is 8.78 Å². The Kier molecular flexibility index (Phi) is 12.7. The number of nitrogens with zero attached hydrogens (tertiary/aromatic N) is 1. The normalized spacial score (nSPS) is 11.6. The van der Waals surface area contributed by atoms with Gasteiger partial charge in [-0.25, -0.2) is 4.99 Å². The molecule has 0 spiro atoms. The van der Waals surface area contributed by atoms with Crippen LogP contribution in [0.4, 0.5) is 8.78 Å². The first-order valence-electron chi connectivity index (χ1n) is 9.82. The molecular weight excluding hydrogens is 368 g/mol. The van der Waals surface area contributed by atoms with Gasteiger partial charge in [0.2, 0.25) is 0 Å². The highest BCUT2D eigenvalue weighted by Crippen LogP contribution is 2.27. The van der Waals surface area contributed by atoms with Crippen LogP contribution in [-0.4, -0.2) is 46.0 Å². The molecule has 0 aliphatic rings. The molecule has 8 heteroatoms. The maximum absolute atomic E-state index is 12.8. The fraction of sp³-hybridized carbons (Fsp3) is 0.650. The minimum atomic E-state index is -2.90. The van der Waals surface area contributed by atoms with Crippen LogP contribution in [0, 0.1) is 0 Å². The second kappa shape index (κ2) is 14.9. The van der Waals surface area contributed by atoms with E-state index in [1.165, 1.54) is 6.07 Å². The Balaban J connectivity index is 2.71. The molecule has 0 unspecified atom stereocenters. The van der Waals surface area contributed by atoms with Crippen LogP contribution in [0.15, 0.2) is 23.2 Å². The van der Waals surface area contributed by atoms with Crippen LogP contribution in [0.5, 0.6) is 11.5 Å². The lowest BCUT2D eigenvalue weighted by molar-refractivity contribution is -0.0505. The molecule has 6 nitrogen and oxygen atoms in total. The Morgan fingerprint density at radius 2 is 1.93 bits per heavy atom. The van der Waals surface area contributed by atoms with E-state index in [4.69, 9.17) is 9.47 Å². The summed E-state index contributed by atoms with van der Waals surface area (Å²) >= 11 is 0. The van der Waals surface area contributed by atoms with E-state index in [-0.39, 0.29) is 12.3 Å². The first kappa shape index (κ1) is 23.9. The predicted molar refractivity (Wildman–Crippen MR) is 107 cm³/mol. The van der Waals surface area contributed by atoms with E-state index in [0.29, 0.717) is 30.4 Å². The van der Waals surface area contributed by atoms with Crippen molar-refractivity contribution < 1.29 is 23.0 Å². The summed E-state index contributed by atoms with van der Waals surface area (Å²) in [7, 11) is 1.70. The average Bonchev–Trinajstić information content (AvgIpc) is 2.67. The average molecular weight is 401 g/mol. The lowest BCUT2D eigenvalue weighted by Crippen LogP contribution is -2.37. The van der Waals surface area contributed by atoms with Crippen molar-refractivity contribution in [3.05, 3.63) is 23.8 Å². The van der Waals surface area contributed by atoms with Crippen molar-refractivity contribution in [1.82, 2.24) is 10.6 Å². The number of methoxy groups -OCH3 is 1. The van der Waals surface area contributed by atoms with Gasteiger partial charge in [0.15, 0.2) is 5.96 Å². The zero-order chi connectivity index (χ0) is 20.6. The first-order valence-corrected chi connectivity index (χ1v) is 9.82. The Bertz CT molecular complexity index is 572. The number of hydrogen-bond donors (Lipinski definition) is 2. The zero-order valence-corrected chi connectivity index (χ0v) is 17.1. The molecule has 28 heavy (non-hydrogen) atoms. The monoisotopic (exact) mass is 401 g/mol. The fourth-order valence-electron chi connectivity index (χ4n) is 2.44. The van der Waals surface area contributed by atoms with Gasteiger partial charge >= 0.3 is 6.61 Å². The molecular formula is C20H33F2N3O3. The van der Waals surface area contributed by atoms with Crippen LogP contribution < -0.4 is 20.1 Å². The highest BCUT2D eigenvalue weighted by Gasteiger charge is 2.11. The van der Waals surface area contributed by atoms with Gasteiger partial charge in [-0.1, -0.05) is 6.92 Å². The van der Waals surface area contributed by atoms with E-state index >= 15 is 0 Å². The Labute approximate surface area is 166 Å². The van der Waals surface area contributed by atoms with Crippen molar-refractivity contribution in [2.45, 2.75) is 52.7 Å². The number of rotatable bonds is 14. The third-order valence-corrected chi connectivity index (χ3v) is 3.80. The summed E-state index contributed by atoms with van der Waals surface area (Å²) in [5.74, 6) is 1.23. The molecule has 1 rings (SSSR count). The van der Waals surface area contributed by atoms with Crippen molar-refractivity contribution in [1.29, 1.82) is 0 Å². The molecule has 0 aliphatic heterocycles.